The number of carbonyl (C=O) groups is 1. The smallest absolute Gasteiger partial charge is 0.209 e. The van der Waals surface area contributed by atoms with Crippen LogP contribution in [0, 0.1) is 19.7 Å². The maximum atomic E-state index is 13.2. The van der Waals surface area contributed by atoms with Gasteiger partial charge >= 0.3 is 0 Å². The van der Waals surface area contributed by atoms with Crippen LogP contribution in [-0.2, 0) is 4.79 Å². The summed E-state index contributed by atoms with van der Waals surface area (Å²) < 4.78 is 18.4. The van der Waals surface area contributed by atoms with E-state index in [4.69, 9.17) is 4.74 Å². The molecule has 1 atom stereocenters. The molecule has 1 fully saturated rings. The van der Waals surface area contributed by atoms with Crippen molar-refractivity contribution in [3.05, 3.63) is 34.6 Å². The van der Waals surface area contributed by atoms with Gasteiger partial charge in [0.15, 0.2) is 0 Å². The van der Waals surface area contributed by atoms with Gasteiger partial charge in [-0.05, 0) is 51.6 Å². The van der Waals surface area contributed by atoms with Gasteiger partial charge in [0.25, 0.3) is 0 Å². The van der Waals surface area contributed by atoms with Crippen molar-refractivity contribution >= 4 is 17.7 Å². The fourth-order valence-corrected chi connectivity index (χ4v) is 4.27. The predicted molar refractivity (Wildman–Crippen MR) is 112 cm³/mol. The molecule has 1 saturated heterocycles. The molecule has 1 amide bonds. The minimum atomic E-state index is -0.277. The van der Waals surface area contributed by atoms with Crippen LogP contribution < -0.4 is 4.74 Å². The Morgan fingerprint density at radius 2 is 2.07 bits per heavy atom. The second kappa shape index (κ2) is 10.5. The van der Waals surface area contributed by atoms with Crippen molar-refractivity contribution in [1.82, 2.24) is 14.8 Å². The lowest BCUT2D eigenvalue weighted by molar-refractivity contribution is -0.117. The van der Waals surface area contributed by atoms with Crippen LogP contribution >= 0.6 is 11.3 Å². The van der Waals surface area contributed by atoms with Crippen LogP contribution in [-0.4, -0.2) is 60.5 Å². The lowest BCUT2D eigenvalue weighted by Crippen LogP contribution is -2.37. The zero-order valence-corrected chi connectivity index (χ0v) is 18.2. The van der Waals surface area contributed by atoms with Crippen LogP contribution in [0.3, 0.4) is 0 Å². The first-order chi connectivity index (χ1) is 13.4. The number of aryl methyl sites for hydroxylation is 2. The molecule has 5 nitrogen and oxygen atoms in total. The first-order valence-corrected chi connectivity index (χ1v) is 10.5. The van der Waals surface area contributed by atoms with Gasteiger partial charge in [-0.15, -0.1) is 11.3 Å². The van der Waals surface area contributed by atoms with Crippen molar-refractivity contribution in [1.29, 1.82) is 0 Å². The number of carbonyl (C=O) groups excluding carboxylic acids is 1. The largest absolute Gasteiger partial charge is 0.496 e. The summed E-state index contributed by atoms with van der Waals surface area (Å²) in [5.74, 6) is 0.372. The van der Waals surface area contributed by atoms with Crippen LogP contribution in [0.2, 0.25) is 0 Å². The Labute approximate surface area is 171 Å². The quantitative estimate of drug-likeness (QED) is 0.676. The lowest BCUT2D eigenvalue weighted by Gasteiger charge is -2.25. The molecule has 3 rings (SSSR count). The first-order valence-electron chi connectivity index (χ1n) is 9.64. The number of methoxy groups -OCH3 is 1. The first kappa shape index (κ1) is 22.3. The van der Waals surface area contributed by atoms with Crippen LogP contribution in [0.25, 0.3) is 10.6 Å². The molecule has 1 aliphatic heterocycles. The van der Waals surface area contributed by atoms with E-state index < -0.39 is 0 Å². The van der Waals surface area contributed by atoms with Crippen LogP contribution in [0.4, 0.5) is 4.39 Å². The van der Waals surface area contributed by atoms with Crippen LogP contribution in [0.15, 0.2) is 18.2 Å². The van der Waals surface area contributed by atoms with E-state index in [1.807, 2.05) is 18.7 Å². The zero-order valence-electron chi connectivity index (χ0n) is 17.4. The normalized spacial score (nSPS) is 16.1. The third-order valence-corrected chi connectivity index (χ3v) is 6.20. The summed E-state index contributed by atoms with van der Waals surface area (Å²) in [6.45, 7) is 12.3. The highest BCUT2D eigenvalue weighted by atomic mass is 32.1. The topological polar surface area (TPSA) is 45.7 Å². The molecule has 7 heteroatoms. The third kappa shape index (κ3) is 5.52. The monoisotopic (exact) mass is 407 g/mol. The fraction of sp³-hybridized carbons (Fsp3) is 0.524. The van der Waals surface area contributed by atoms with Gasteiger partial charge in [-0.3, -0.25) is 9.69 Å². The number of likely N-dealkylation sites (N-methyl/N-ethyl adjacent to an activating group) is 1. The molecule has 0 N–H and O–H groups in total. The Bertz CT molecular complexity index is 758. The Hall–Kier alpha value is -1.99. The number of benzene rings is 1. The van der Waals surface area contributed by atoms with Gasteiger partial charge in [-0.25, -0.2) is 9.37 Å². The summed E-state index contributed by atoms with van der Waals surface area (Å²) in [5, 5.41) is 0.798. The average molecular weight is 408 g/mol. The highest BCUT2D eigenvalue weighted by Gasteiger charge is 2.24. The van der Waals surface area contributed by atoms with E-state index in [2.05, 4.69) is 23.7 Å². The Kier molecular flexibility index (Phi) is 8.38. The number of ether oxygens (including phenoxy) is 1. The SMILES string of the molecule is CCN(CC)C1CCN(C=O)C1.COc1ccc(F)cc1-c1nc(C)c(C)s1. The van der Waals surface area contributed by atoms with Crippen molar-refractivity contribution in [3.63, 3.8) is 0 Å². The number of aromatic nitrogens is 1. The molecule has 0 aliphatic carbocycles. The van der Waals surface area contributed by atoms with E-state index in [0.29, 0.717) is 17.4 Å². The molecule has 1 aliphatic rings. The number of likely N-dealkylation sites (tertiary alicyclic amines) is 1. The molecule has 0 bridgehead atoms. The molecule has 28 heavy (non-hydrogen) atoms. The van der Waals surface area contributed by atoms with E-state index in [0.717, 1.165) is 54.6 Å². The van der Waals surface area contributed by atoms with Gasteiger partial charge in [0, 0.05) is 24.0 Å². The second-order valence-corrected chi connectivity index (χ2v) is 7.97. The summed E-state index contributed by atoms with van der Waals surface area (Å²) in [5.41, 5.74) is 1.69. The van der Waals surface area contributed by atoms with Crippen LogP contribution in [0.5, 0.6) is 5.75 Å². The van der Waals surface area contributed by atoms with Crippen molar-refractivity contribution < 1.29 is 13.9 Å². The van der Waals surface area contributed by atoms with Crippen molar-refractivity contribution in [2.24, 2.45) is 0 Å². The van der Waals surface area contributed by atoms with E-state index >= 15 is 0 Å². The summed E-state index contributed by atoms with van der Waals surface area (Å²) in [7, 11) is 1.57. The minimum Gasteiger partial charge on any atom is -0.496 e. The van der Waals surface area contributed by atoms with Crippen molar-refractivity contribution in [2.75, 3.05) is 33.3 Å². The molecule has 1 unspecified atom stereocenters. The Morgan fingerprint density at radius 1 is 1.36 bits per heavy atom. The molecule has 1 aromatic heterocycles. The van der Waals surface area contributed by atoms with E-state index in [-0.39, 0.29) is 5.82 Å². The summed E-state index contributed by atoms with van der Waals surface area (Å²) in [6.07, 6.45) is 2.10. The van der Waals surface area contributed by atoms with Gasteiger partial charge in [-0.1, -0.05) is 13.8 Å². The number of nitrogens with zero attached hydrogens (tertiary/aromatic N) is 3. The minimum absolute atomic E-state index is 0.277. The third-order valence-electron chi connectivity index (χ3n) is 5.09. The Balaban J connectivity index is 0.000000209. The number of rotatable bonds is 6. The number of thiazole rings is 1. The van der Waals surface area contributed by atoms with Gasteiger partial charge < -0.3 is 9.64 Å². The van der Waals surface area contributed by atoms with E-state index in [1.165, 1.54) is 12.1 Å². The highest BCUT2D eigenvalue weighted by Crippen LogP contribution is 2.34. The maximum absolute atomic E-state index is 13.2. The van der Waals surface area contributed by atoms with Gasteiger partial charge in [0.05, 0.1) is 18.4 Å². The standard InChI is InChI=1S/C12H12FNOS.C9H18N2O/c1-7-8(2)16-12(14-7)10-6-9(13)4-5-11(10)15-3;1-3-11(4-2)9-5-6-10(7-9)8-12/h4-6H,1-3H3;8-9H,3-7H2,1-2H3. The lowest BCUT2D eigenvalue weighted by atomic mass is 10.2. The number of hydrogen-bond acceptors (Lipinski definition) is 5. The van der Waals surface area contributed by atoms with E-state index in [1.54, 1.807) is 24.5 Å². The highest BCUT2D eigenvalue weighted by molar-refractivity contribution is 7.15. The zero-order chi connectivity index (χ0) is 20.7. The Morgan fingerprint density at radius 3 is 2.57 bits per heavy atom. The molecule has 0 spiro atoms. The van der Waals surface area contributed by atoms with E-state index in [9.17, 15) is 9.18 Å². The number of halogens is 1. The molecular formula is C21H30FN3O2S. The maximum Gasteiger partial charge on any atom is 0.209 e. The molecular weight excluding hydrogens is 377 g/mol. The second-order valence-electron chi connectivity index (χ2n) is 6.77. The van der Waals surface area contributed by atoms with Crippen LogP contribution in [0.1, 0.15) is 30.8 Å². The molecule has 1 aromatic carbocycles. The molecule has 0 saturated carbocycles. The van der Waals surface area contributed by atoms with Gasteiger partial charge in [0.1, 0.15) is 16.6 Å². The van der Waals surface area contributed by atoms with Gasteiger partial charge in [0.2, 0.25) is 6.41 Å². The molecule has 154 valence electrons. The summed E-state index contributed by atoms with van der Waals surface area (Å²) in [4.78, 5) is 20.3. The molecule has 2 aromatic rings. The molecule has 0 radical (unpaired) electrons. The fourth-order valence-electron chi connectivity index (χ4n) is 3.34. The summed E-state index contributed by atoms with van der Waals surface area (Å²) in [6, 6.07) is 5.06. The summed E-state index contributed by atoms with van der Waals surface area (Å²) >= 11 is 1.55. The number of amides is 1. The van der Waals surface area contributed by atoms with Crippen molar-refractivity contribution in [2.45, 2.75) is 40.2 Å². The average Bonchev–Trinajstić information content (AvgIpc) is 3.30. The van der Waals surface area contributed by atoms with Crippen molar-refractivity contribution in [3.8, 4) is 16.3 Å². The number of hydrogen-bond donors (Lipinski definition) is 0. The van der Waals surface area contributed by atoms with Gasteiger partial charge in [-0.2, -0.15) is 0 Å². The molecule has 2 heterocycles. The predicted octanol–water partition coefficient (Wildman–Crippen LogP) is 4.13.